The van der Waals surface area contributed by atoms with Crippen LogP contribution < -0.4 is 5.32 Å². The molecule has 3 nitrogen and oxygen atoms in total. The first-order chi connectivity index (χ1) is 7.28. The van der Waals surface area contributed by atoms with Crippen molar-refractivity contribution < 1.29 is 23.1 Å². The highest BCUT2D eigenvalue weighted by Gasteiger charge is 2.31. The van der Waals surface area contributed by atoms with Gasteiger partial charge in [-0.2, -0.15) is 13.2 Å². The predicted octanol–water partition coefficient (Wildman–Crippen LogP) is 2.94. The molecule has 1 amide bonds. The number of rotatable bonds is 2. The molecular weight excluding hydrogens is 247 g/mol. The van der Waals surface area contributed by atoms with E-state index in [2.05, 4.69) is 0 Å². The Labute approximate surface area is 93.8 Å². The lowest BCUT2D eigenvalue weighted by atomic mass is 10.3. The Morgan fingerprint density at radius 3 is 2.56 bits per heavy atom. The van der Waals surface area contributed by atoms with Crippen molar-refractivity contribution in [1.29, 1.82) is 0 Å². The lowest BCUT2D eigenvalue weighted by Crippen LogP contribution is -2.21. The second kappa shape index (κ2) is 4.61. The minimum Gasteiger partial charge on any atom is -0.508 e. The van der Waals surface area contributed by atoms with E-state index in [4.69, 9.17) is 16.7 Å². The number of benzene rings is 1. The van der Waals surface area contributed by atoms with Crippen molar-refractivity contribution in [3.63, 3.8) is 0 Å². The van der Waals surface area contributed by atoms with Crippen molar-refractivity contribution in [2.24, 2.45) is 0 Å². The number of hydrogen-bond acceptors (Lipinski definition) is 2. The third-order valence-electron chi connectivity index (χ3n) is 1.59. The molecule has 0 aliphatic heterocycles. The van der Waals surface area contributed by atoms with Gasteiger partial charge in [-0.05, 0) is 12.1 Å². The summed E-state index contributed by atoms with van der Waals surface area (Å²) in [6.07, 6.45) is -6.14. The summed E-state index contributed by atoms with van der Waals surface area (Å²) in [5.74, 6) is -1.35. The third-order valence-corrected chi connectivity index (χ3v) is 1.90. The lowest BCUT2D eigenvalue weighted by Gasteiger charge is -2.09. The Hall–Kier alpha value is -1.43. The molecule has 0 fully saturated rings. The van der Waals surface area contributed by atoms with Gasteiger partial charge in [0.25, 0.3) is 0 Å². The van der Waals surface area contributed by atoms with Gasteiger partial charge in [-0.1, -0.05) is 11.6 Å². The van der Waals surface area contributed by atoms with Gasteiger partial charge in [-0.3, -0.25) is 4.79 Å². The van der Waals surface area contributed by atoms with Gasteiger partial charge in [-0.25, -0.2) is 0 Å². The van der Waals surface area contributed by atoms with Crippen LogP contribution in [0.15, 0.2) is 18.2 Å². The number of alkyl halides is 3. The highest BCUT2D eigenvalue weighted by atomic mass is 35.5. The molecule has 1 rings (SSSR count). The van der Waals surface area contributed by atoms with Crippen molar-refractivity contribution in [2.75, 3.05) is 5.32 Å². The number of phenolic OH excluding ortho intramolecular Hbond substituents is 1. The van der Waals surface area contributed by atoms with Gasteiger partial charge >= 0.3 is 6.18 Å². The molecule has 0 heterocycles. The van der Waals surface area contributed by atoms with Crippen LogP contribution in [0.2, 0.25) is 5.02 Å². The van der Waals surface area contributed by atoms with Crippen LogP contribution in [0.25, 0.3) is 0 Å². The second-order valence-electron chi connectivity index (χ2n) is 3.00. The minimum absolute atomic E-state index is 0.0220. The van der Waals surface area contributed by atoms with Crippen LogP contribution in [0.3, 0.4) is 0 Å². The fourth-order valence-corrected chi connectivity index (χ4v) is 1.20. The molecule has 0 saturated carbocycles. The summed E-state index contributed by atoms with van der Waals surface area (Å²) < 4.78 is 35.5. The molecule has 0 spiro atoms. The third kappa shape index (κ3) is 3.98. The number of phenols is 1. The van der Waals surface area contributed by atoms with E-state index in [0.717, 1.165) is 6.07 Å². The first kappa shape index (κ1) is 12.6. The molecule has 0 bridgehead atoms. The van der Waals surface area contributed by atoms with Crippen LogP contribution in [-0.4, -0.2) is 17.2 Å². The number of anilines is 1. The zero-order valence-electron chi connectivity index (χ0n) is 7.81. The summed E-state index contributed by atoms with van der Waals surface area (Å²) >= 11 is 5.59. The molecule has 88 valence electrons. The fourth-order valence-electron chi connectivity index (χ4n) is 0.982. The molecule has 0 radical (unpaired) electrons. The van der Waals surface area contributed by atoms with E-state index >= 15 is 0 Å². The van der Waals surface area contributed by atoms with Crippen LogP contribution in [-0.2, 0) is 4.79 Å². The number of carbonyl (C=O) groups is 1. The Bertz CT molecular complexity index is 406. The van der Waals surface area contributed by atoms with E-state index in [-0.39, 0.29) is 16.5 Å². The maximum Gasteiger partial charge on any atom is 0.397 e. The summed E-state index contributed by atoms with van der Waals surface area (Å²) in [6, 6.07) is 3.53. The van der Waals surface area contributed by atoms with Crippen molar-refractivity contribution in [1.82, 2.24) is 0 Å². The molecule has 0 saturated heterocycles. The molecule has 0 unspecified atom stereocenters. The molecule has 0 aromatic heterocycles. The van der Waals surface area contributed by atoms with Gasteiger partial charge in [0.1, 0.15) is 12.2 Å². The second-order valence-corrected chi connectivity index (χ2v) is 3.41. The first-order valence-corrected chi connectivity index (χ1v) is 4.51. The standard InChI is InChI=1S/C9H7ClF3NO2/c10-6-3-5(15)1-2-7(6)14-8(16)4-9(11,12)13/h1-3,15H,4H2,(H,14,16). The zero-order valence-corrected chi connectivity index (χ0v) is 8.56. The molecule has 2 N–H and O–H groups in total. The van der Waals surface area contributed by atoms with Gasteiger partial charge in [0, 0.05) is 6.07 Å². The first-order valence-electron chi connectivity index (χ1n) is 4.13. The van der Waals surface area contributed by atoms with Crippen LogP contribution >= 0.6 is 11.6 Å². The number of carbonyl (C=O) groups excluding carboxylic acids is 1. The molecule has 16 heavy (non-hydrogen) atoms. The lowest BCUT2D eigenvalue weighted by molar-refractivity contribution is -0.150. The van der Waals surface area contributed by atoms with Crippen LogP contribution in [0.4, 0.5) is 18.9 Å². The van der Waals surface area contributed by atoms with E-state index in [1.165, 1.54) is 12.1 Å². The number of halogens is 4. The predicted molar refractivity (Wildman–Crippen MR) is 52.4 cm³/mol. The molecular formula is C9H7ClF3NO2. The molecule has 0 atom stereocenters. The fraction of sp³-hybridized carbons (Fsp3) is 0.222. The van der Waals surface area contributed by atoms with E-state index < -0.39 is 18.5 Å². The zero-order chi connectivity index (χ0) is 12.3. The maximum absolute atomic E-state index is 11.8. The number of nitrogens with one attached hydrogen (secondary N) is 1. The van der Waals surface area contributed by atoms with Crippen LogP contribution in [0.1, 0.15) is 6.42 Å². The maximum atomic E-state index is 11.8. The van der Waals surface area contributed by atoms with E-state index in [9.17, 15) is 18.0 Å². The van der Waals surface area contributed by atoms with Crippen LogP contribution in [0, 0.1) is 0 Å². The van der Waals surface area contributed by atoms with Crippen molar-refractivity contribution in [2.45, 2.75) is 12.6 Å². The van der Waals surface area contributed by atoms with Crippen molar-refractivity contribution in [3.05, 3.63) is 23.2 Å². The molecule has 1 aromatic rings. The summed E-state index contributed by atoms with van der Waals surface area (Å²) in [5, 5.41) is 10.9. The normalized spacial score (nSPS) is 11.2. The van der Waals surface area contributed by atoms with Crippen molar-refractivity contribution in [3.8, 4) is 5.75 Å². The number of hydrogen-bond donors (Lipinski definition) is 2. The summed E-state index contributed by atoms with van der Waals surface area (Å²) in [5.41, 5.74) is 0.0220. The smallest absolute Gasteiger partial charge is 0.397 e. The molecule has 7 heteroatoms. The van der Waals surface area contributed by atoms with Gasteiger partial charge in [-0.15, -0.1) is 0 Å². The molecule has 1 aromatic carbocycles. The van der Waals surface area contributed by atoms with Gasteiger partial charge in [0.2, 0.25) is 5.91 Å². The Kier molecular flexibility index (Phi) is 3.64. The Morgan fingerprint density at radius 1 is 1.44 bits per heavy atom. The van der Waals surface area contributed by atoms with E-state index in [0.29, 0.717) is 0 Å². The number of amides is 1. The Balaban J connectivity index is 2.70. The highest BCUT2D eigenvalue weighted by molar-refractivity contribution is 6.33. The largest absolute Gasteiger partial charge is 0.508 e. The average Bonchev–Trinajstić information content (AvgIpc) is 2.06. The quantitative estimate of drug-likeness (QED) is 0.796. The monoisotopic (exact) mass is 253 g/mol. The highest BCUT2D eigenvalue weighted by Crippen LogP contribution is 2.27. The van der Waals surface area contributed by atoms with Gasteiger partial charge < -0.3 is 10.4 Å². The number of aromatic hydroxyl groups is 1. The van der Waals surface area contributed by atoms with Gasteiger partial charge in [0.05, 0.1) is 10.7 Å². The minimum atomic E-state index is -4.56. The molecule has 0 aliphatic carbocycles. The topological polar surface area (TPSA) is 49.3 Å². The Morgan fingerprint density at radius 2 is 2.06 bits per heavy atom. The van der Waals surface area contributed by atoms with Crippen LogP contribution in [0.5, 0.6) is 5.75 Å². The SMILES string of the molecule is O=C(CC(F)(F)F)Nc1ccc(O)cc1Cl. The summed E-state index contributed by atoms with van der Waals surface area (Å²) in [7, 11) is 0. The summed E-state index contributed by atoms with van der Waals surface area (Å²) in [4.78, 5) is 10.9. The van der Waals surface area contributed by atoms with E-state index in [1.54, 1.807) is 0 Å². The molecule has 0 aliphatic rings. The van der Waals surface area contributed by atoms with E-state index in [1.807, 2.05) is 5.32 Å². The van der Waals surface area contributed by atoms with Crippen molar-refractivity contribution >= 4 is 23.2 Å². The average molecular weight is 254 g/mol. The van der Waals surface area contributed by atoms with Gasteiger partial charge in [0.15, 0.2) is 0 Å². The summed E-state index contributed by atoms with van der Waals surface area (Å²) in [6.45, 7) is 0.